The molecule has 1 aromatic carbocycles. The molecule has 0 atom stereocenters. The van der Waals surface area contributed by atoms with Gasteiger partial charge in [-0.25, -0.2) is 14.4 Å². The number of benzene rings is 1. The van der Waals surface area contributed by atoms with E-state index in [0.29, 0.717) is 54.5 Å². The number of pyridine rings is 1. The van der Waals surface area contributed by atoms with Crippen molar-refractivity contribution in [1.82, 2.24) is 24.5 Å². The summed E-state index contributed by atoms with van der Waals surface area (Å²) < 4.78 is 54.4. The van der Waals surface area contributed by atoms with E-state index in [4.69, 9.17) is 0 Å². The molecule has 200 valence electrons. The Balaban J connectivity index is 0.00000164. The molecular formula is C27H28F4N6O. The van der Waals surface area contributed by atoms with E-state index in [9.17, 15) is 22.4 Å². The summed E-state index contributed by atoms with van der Waals surface area (Å²) >= 11 is 0. The molecule has 0 unspecified atom stereocenters. The largest absolute Gasteiger partial charge is 0.434 e. The van der Waals surface area contributed by atoms with Crippen molar-refractivity contribution in [2.24, 2.45) is 0 Å². The number of anilines is 1. The molecule has 0 amide bonds. The number of hydrogen-bond acceptors (Lipinski definition) is 6. The third-order valence-electron chi connectivity index (χ3n) is 6.50. The van der Waals surface area contributed by atoms with Crippen molar-refractivity contribution in [1.29, 1.82) is 0 Å². The molecule has 0 saturated carbocycles. The molecule has 1 aliphatic rings. The number of alkyl halides is 3. The highest BCUT2D eigenvalue weighted by Gasteiger charge is 2.33. The molecule has 0 spiro atoms. The SMILES string of the molecule is CC.Cc1cccc(F)c1N1CCC(c2cc3nccnc3n(Cc3cnc(C(F)(F)F)cn3)c2=O)CC1. The molecule has 1 fully saturated rings. The number of fused-ring (bicyclic) bond motifs is 1. The Labute approximate surface area is 217 Å². The molecule has 4 aromatic rings. The number of hydrogen-bond donors (Lipinski definition) is 0. The maximum absolute atomic E-state index is 14.5. The van der Waals surface area contributed by atoms with Crippen molar-refractivity contribution in [2.45, 2.75) is 52.3 Å². The average molecular weight is 529 g/mol. The molecule has 0 radical (unpaired) electrons. The van der Waals surface area contributed by atoms with Crippen molar-refractivity contribution in [3.8, 4) is 0 Å². The van der Waals surface area contributed by atoms with Gasteiger partial charge in [-0.05, 0) is 43.4 Å². The van der Waals surface area contributed by atoms with Gasteiger partial charge in [0, 0.05) is 31.0 Å². The average Bonchev–Trinajstić information content (AvgIpc) is 2.91. The first kappa shape index (κ1) is 27.2. The van der Waals surface area contributed by atoms with Crippen LogP contribution >= 0.6 is 0 Å². The van der Waals surface area contributed by atoms with E-state index in [1.165, 1.54) is 23.0 Å². The topological polar surface area (TPSA) is 76.8 Å². The standard InChI is InChI=1S/C25H22F4N6O.C2H6/c1-15-3-2-4-19(26)22(15)34-9-5-16(6-10-34)18-11-20-23(31-8-7-30-20)35(24(18)36)14-17-12-33-21(13-32-17)25(27,28)29;1-2/h2-4,7-8,11-13,16H,5-6,9-10,14H2,1H3;1-2H3. The molecule has 38 heavy (non-hydrogen) atoms. The Bertz CT molecular complexity index is 1440. The van der Waals surface area contributed by atoms with Gasteiger partial charge in [0.15, 0.2) is 11.3 Å². The van der Waals surface area contributed by atoms with Crippen LogP contribution in [0.15, 0.2) is 53.8 Å². The van der Waals surface area contributed by atoms with Crippen LogP contribution in [0.5, 0.6) is 0 Å². The normalized spacial score (nSPS) is 14.3. The van der Waals surface area contributed by atoms with Crippen molar-refractivity contribution in [2.75, 3.05) is 18.0 Å². The van der Waals surface area contributed by atoms with Crippen molar-refractivity contribution in [3.63, 3.8) is 0 Å². The van der Waals surface area contributed by atoms with Gasteiger partial charge in [0.2, 0.25) is 0 Å². The van der Waals surface area contributed by atoms with Gasteiger partial charge >= 0.3 is 6.18 Å². The second-order valence-electron chi connectivity index (χ2n) is 8.81. The summed E-state index contributed by atoms with van der Waals surface area (Å²) in [6.45, 7) is 6.93. The summed E-state index contributed by atoms with van der Waals surface area (Å²) in [5, 5.41) is 0. The van der Waals surface area contributed by atoms with Crippen LogP contribution in [0.25, 0.3) is 11.2 Å². The molecule has 0 bridgehead atoms. The van der Waals surface area contributed by atoms with Crippen LogP contribution in [-0.2, 0) is 12.7 Å². The molecule has 7 nitrogen and oxygen atoms in total. The minimum atomic E-state index is -4.60. The van der Waals surface area contributed by atoms with Crippen LogP contribution in [0.4, 0.5) is 23.2 Å². The highest BCUT2D eigenvalue weighted by molar-refractivity contribution is 5.71. The van der Waals surface area contributed by atoms with Gasteiger partial charge < -0.3 is 4.90 Å². The highest BCUT2D eigenvalue weighted by atomic mass is 19.4. The smallest absolute Gasteiger partial charge is 0.369 e. The van der Waals surface area contributed by atoms with E-state index in [0.717, 1.165) is 11.8 Å². The summed E-state index contributed by atoms with van der Waals surface area (Å²) in [6, 6.07) is 6.73. The molecule has 1 saturated heterocycles. The van der Waals surface area contributed by atoms with Crippen LogP contribution in [0.3, 0.4) is 0 Å². The summed E-state index contributed by atoms with van der Waals surface area (Å²) in [6.07, 6.45) is 1.30. The second kappa shape index (κ2) is 11.2. The molecule has 0 aliphatic carbocycles. The number of aromatic nitrogens is 5. The number of rotatable bonds is 4. The molecular weight excluding hydrogens is 500 g/mol. The second-order valence-corrected chi connectivity index (χ2v) is 8.81. The minimum Gasteiger partial charge on any atom is -0.369 e. The van der Waals surface area contributed by atoms with Crippen LogP contribution in [0, 0.1) is 12.7 Å². The van der Waals surface area contributed by atoms with Gasteiger partial charge in [-0.2, -0.15) is 13.2 Å². The van der Waals surface area contributed by atoms with Gasteiger partial charge in [-0.1, -0.05) is 26.0 Å². The van der Waals surface area contributed by atoms with Crippen LogP contribution in [-0.4, -0.2) is 37.6 Å². The van der Waals surface area contributed by atoms with Gasteiger partial charge in [-0.3, -0.25) is 19.3 Å². The van der Waals surface area contributed by atoms with Crippen molar-refractivity contribution >= 4 is 16.9 Å². The van der Waals surface area contributed by atoms with Gasteiger partial charge in [-0.15, -0.1) is 0 Å². The highest BCUT2D eigenvalue weighted by Crippen LogP contribution is 2.33. The number of nitrogens with zero attached hydrogens (tertiary/aromatic N) is 6. The van der Waals surface area contributed by atoms with E-state index in [1.54, 1.807) is 12.1 Å². The number of piperidine rings is 1. The van der Waals surface area contributed by atoms with Crippen LogP contribution in [0.1, 0.15) is 55.1 Å². The summed E-state index contributed by atoms with van der Waals surface area (Å²) in [4.78, 5) is 31.5. The molecule has 5 rings (SSSR count). The van der Waals surface area contributed by atoms with Gasteiger partial charge in [0.05, 0.1) is 30.3 Å². The lowest BCUT2D eigenvalue weighted by Gasteiger charge is -2.34. The third-order valence-corrected chi connectivity index (χ3v) is 6.50. The Hall–Kier alpha value is -3.89. The zero-order valence-corrected chi connectivity index (χ0v) is 21.3. The maximum atomic E-state index is 14.5. The Morgan fingerprint density at radius 3 is 2.34 bits per heavy atom. The third kappa shape index (κ3) is 5.51. The maximum Gasteiger partial charge on any atom is 0.434 e. The van der Waals surface area contributed by atoms with Crippen LogP contribution in [0.2, 0.25) is 0 Å². The predicted octanol–water partition coefficient (Wildman–Crippen LogP) is 5.51. The number of para-hydroxylation sites is 1. The lowest BCUT2D eigenvalue weighted by atomic mass is 9.89. The monoisotopic (exact) mass is 528 g/mol. The molecule has 0 N–H and O–H groups in total. The fourth-order valence-corrected chi connectivity index (χ4v) is 4.73. The number of aryl methyl sites for hydroxylation is 1. The fourth-order valence-electron chi connectivity index (χ4n) is 4.73. The lowest BCUT2D eigenvalue weighted by molar-refractivity contribution is -0.141. The molecule has 4 heterocycles. The molecule has 1 aliphatic heterocycles. The first-order valence-corrected chi connectivity index (χ1v) is 12.4. The lowest BCUT2D eigenvalue weighted by Crippen LogP contribution is -2.36. The Morgan fingerprint density at radius 2 is 1.71 bits per heavy atom. The van der Waals surface area contributed by atoms with Crippen LogP contribution < -0.4 is 10.5 Å². The van der Waals surface area contributed by atoms with E-state index in [1.807, 2.05) is 31.7 Å². The molecule has 3 aromatic heterocycles. The first-order valence-electron chi connectivity index (χ1n) is 12.4. The van der Waals surface area contributed by atoms with Gasteiger partial charge in [0.1, 0.15) is 11.3 Å². The molecule has 11 heteroatoms. The van der Waals surface area contributed by atoms with Gasteiger partial charge in [0.25, 0.3) is 5.56 Å². The minimum absolute atomic E-state index is 0.0859. The van der Waals surface area contributed by atoms with E-state index < -0.39 is 11.9 Å². The van der Waals surface area contributed by atoms with E-state index in [2.05, 4.69) is 19.9 Å². The zero-order valence-electron chi connectivity index (χ0n) is 21.3. The summed E-state index contributed by atoms with van der Waals surface area (Å²) in [5.41, 5.74) is 1.59. The van der Waals surface area contributed by atoms with Crippen molar-refractivity contribution < 1.29 is 17.6 Å². The number of halogens is 4. The summed E-state index contributed by atoms with van der Waals surface area (Å²) in [7, 11) is 0. The zero-order chi connectivity index (χ0) is 27.4. The Kier molecular flexibility index (Phi) is 8.03. The van der Waals surface area contributed by atoms with E-state index >= 15 is 0 Å². The predicted molar refractivity (Wildman–Crippen MR) is 137 cm³/mol. The fraction of sp³-hybridized carbons (Fsp3) is 0.370. The van der Waals surface area contributed by atoms with E-state index in [-0.39, 0.29) is 29.5 Å². The summed E-state index contributed by atoms with van der Waals surface area (Å²) in [5.74, 6) is -0.355. The first-order chi connectivity index (χ1) is 18.2. The quantitative estimate of drug-likeness (QED) is 0.325. The van der Waals surface area contributed by atoms with Crippen molar-refractivity contribution in [3.05, 3.63) is 87.7 Å². The Morgan fingerprint density at radius 1 is 1.00 bits per heavy atom.